The van der Waals surface area contributed by atoms with Crippen LogP contribution < -0.4 is 0 Å². The van der Waals surface area contributed by atoms with Crippen LogP contribution in [0.5, 0.6) is 0 Å². The molecule has 0 aromatic heterocycles. The zero-order valence-electron chi connectivity index (χ0n) is 5.24. The molecule has 0 saturated heterocycles. The summed E-state index contributed by atoms with van der Waals surface area (Å²) in [6, 6.07) is 3.70. The van der Waals surface area contributed by atoms with Gasteiger partial charge in [-0.3, -0.25) is 0 Å². The summed E-state index contributed by atoms with van der Waals surface area (Å²) in [6.45, 7) is 0. The number of nitriles is 2. The van der Waals surface area contributed by atoms with E-state index < -0.39 is 0 Å². The Kier molecular flexibility index (Phi) is 6.16. The highest BCUT2D eigenvalue weighted by Crippen LogP contribution is 2.13. The molecule has 0 amide bonds. The smallest absolute Gasteiger partial charge is 0.107 e. The van der Waals surface area contributed by atoms with E-state index in [2.05, 4.69) is 12.6 Å². The molecule has 0 fully saturated rings. The lowest BCUT2D eigenvalue weighted by Gasteiger charge is -1.90. The molecule has 0 aromatic rings. The second kappa shape index (κ2) is 6.54. The second-order valence-electron chi connectivity index (χ2n) is 1.32. The average Bonchev–Trinajstić information content (AvgIpc) is 1.98. The lowest BCUT2D eigenvalue weighted by molar-refractivity contribution is 1.50. The largest absolute Gasteiger partial charge is 0.193 e. The number of thiol groups is 1. The van der Waals surface area contributed by atoms with Gasteiger partial charge in [-0.15, -0.1) is 11.8 Å². The van der Waals surface area contributed by atoms with E-state index >= 15 is 0 Å². The van der Waals surface area contributed by atoms with Crippen LogP contribution in [0.15, 0.2) is 11.0 Å². The first-order chi connectivity index (χ1) is 4.85. The van der Waals surface area contributed by atoms with Crippen molar-refractivity contribution in [2.75, 3.05) is 11.5 Å². The summed E-state index contributed by atoms with van der Waals surface area (Å²) < 4.78 is 0. The second-order valence-corrected chi connectivity index (χ2v) is 2.91. The maximum Gasteiger partial charge on any atom is 0.107 e. The van der Waals surface area contributed by atoms with E-state index in [9.17, 15) is 0 Å². The maximum absolute atomic E-state index is 8.37. The molecule has 4 heteroatoms. The first kappa shape index (κ1) is 9.42. The number of rotatable bonds is 3. The van der Waals surface area contributed by atoms with Crippen molar-refractivity contribution in [3.63, 3.8) is 0 Å². The molecular formula is C6H6N2S2. The van der Waals surface area contributed by atoms with Gasteiger partial charge in [-0.05, 0) is 5.75 Å². The van der Waals surface area contributed by atoms with Crippen molar-refractivity contribution in [2.24, 2.45) is 0 Å². The normalized spacial score (nSPS) is 10.1. The summed E-state index contributed by atoms with van der Waals surface area (Å²) in [6.07, 6.45) is 1.24. The molecule has 0 bridgehead atoms. The monoisotopic (exact) mass is 170 g/mol. The lowest BCUT2D eigenvalue weighted by Crippen LogP contribution is -1.79. The first-order valence-electron chi connectivity index (χ1n) is 2.58. The van der Waals surface area contributed by atoms with E-state index in [0.29, 0.717) is 4.91 Å². The van der Waals surface area contributed by atoms with Crippen LogP contribution in [-0.2, 0) is 0 Å². The Morgan fingerprint density at radius 2 is 2.30 bits per heavy atom. The first-order valence-corrected chi connectivity index (χ1v) is 4.20. The summed E-state index contributed by atoms with van der Waals surface area (Å²) in [7, 11) is 0. The third-order valence-corrected chi connectivity index (χ3v) is 2.11. The Balaban J connectivity index is 3.78. The standard InChI is InChI=1S/C6H6N2S2/c7-2-1-6(5-8)10-4-3-9/h1,9H,3-4H2. The molecule has 0 radical (unpaired) electrons. The third kappa shape index (κ3) is 4.31. The molecule has 0 rings (SSSR count). The minimum atomic E-state index is 0.455. The fraction of sp³-hybridized carbons (Fsp3) is 0.333. The van der Waals surface area contributed by atoms with Crippen LogP contribution in [0.2, 0.25) is 0 Å². The van der Waals surface area contributed by atoms with Gasteiger partial charge in [0.05, 0.1) is 11.0 Å². The Morgan fingerprint density at radius 3 is 2.70 bits per heavy atom. The lowest BCUT2D eigenvalue weighted by atomic mass is 10.5. The molecule has 0 unspecified atom stereocenters. The van der Waals surface area contributed by atoms with E-state index in [1.807, 2.05) is 6.07 Å². The van der Waals surface area contributed by atoms with Gasteiger partial charge in [0, 0.05) is 11.8 Å². The number of thioether (sulfide) groups is 1. The highest BCUT2D eigenvalue weighted by atomic mass is 32.2. The van der Waals surface area contributed by atoms with E-state index in [4.69, 9.17) is 10.5 Å². The van der Waals surface area contributed by atoms with Crippen molar-refractivity contribution >= 4 is 24.4 Å². The molecule has 0 N–H and O–H groups in total. The van der Waals surface area contributed by atoms with E-state index in [-0.39, 0.29) is 0 Å². The molecule has 10 heavy (non-hydrogen) atoms. The highest BCUT2D eigenvalue weighted by Gasteiger charge is 1.92. The third-order valence-electron chi connectivity index (χ3n) is 0.655. The summed E-state index contributed by atoms with van der Waals surface area (Å²) in [5.74, 6) is 1.49. The van der Waals surface area contributed by atoms with Crippen molar-refractivity contribution in [1.29, 1.82) is 10.5 Å². The predicted molar refractivity (Wildman–Crippen MR) is 45.6 cm³/mol. The van der Waals surface area contributed by atoms with E-state index in [0.717, 1.165) is 11.5 Å². The van der Waals surface area contributed by atoms with Crippen LogP contribution in [0.1, 0.15) is 0 Å². The molecule has 0 heterocycles. The molecule has 0 aliphatic heterocycles. The Morgan fingerprint density at radius 1 is 1.60 bits per heavy atom. The Labute approximate surface area is 69.9 Å². The number of allylic oxidation sites excluding steroid dienone is 2. The summed E-state index contributed by atoms with van der Waals surface area (Å²) in [5.41, 5.74) is 0. The molecule has 0 atom stereocenters. The van der Waals surface area contributed by atoms with Crippen LogP contribution in [0.3, 0.4) is 0 Å². The molecule has 0 aliphatic carbocycles. The van der Waals surface area contributed by atoms with Crippen molar-refractivity contribution < 1.29 is 0 Å². The SMILES string of the molecule is N#CC=C(C#N)SCCS. The molecule has 0 saturated carbocycles. The van der Waals surface area contributed by atoms with Crippen LogP contribution in [0.25, 0.3) is 0 Å². The van der Waals surface area contributed by atoms with Crippen molar-refractivity contribution in [2.45, 2.75) is 0 Å². The van der Waals surface area contributed by atoms with Gasteiger partial charge >= 0.3 is 0 Å². The molecule has 52 valence electrons. The quantitative estimate of drug-likeness (QED) is 0.516. The molecule has 0 aliphatic rings. The molecular weight excluding hydrogens is 164 g/mol. The zero-order chi connectivity index (χ0) is 7.82. The molecule has 0 spiro atoms. The van der Waals surface area contributed by atoms with Crippen molar-refractivity contribution in [3.8, 4) is 12.1 Å². The van der Waals surface area contributed by atoms with Crippen molar-refractivity contribution in [1.82, 2.24) is 0 Å². The van der Waals surface area contributed by atoms with Gasteiger partial charge in [-0.1, -0.05) is 0 Å². The van der Waals surface area contributed by atoms with Crippen molar-refractivity contribution in [3.05, 3.63) is 11.0 Å². The van der Waals surface area contributed by atoms with Gasteiger partial charge in [0.15, 0.2) is 0 Å². The van der Waals surface area contributed by atoms with E-state index in [1.165, 1.54) is 17.8 Å². The van der Waals surface area contributed by atoms with Gasteiger partial charge in [0.1, 0.15) is 6.07 Å². The maximum atomic E-state index is 8.37. The van der Waals surface area contributed by atoms with Gasteiger partial charge < -0.3 is 0 Å². The molecule has 2 nitrogen and oxygen atoms in total. The zero-order valence-corrected chi connectivity index (χ0v) is 6.95. The van der Waals surface area contributed by atoms with Crippen LogP contribution in [0, 0.1) is 22.7 Å². The number of hydrogen-bond acceptors (Lipinski definition) is 4. The summed E-state index contributed by atoms with van der Waals surface area (Å²) >= 11 is 5.31. The fourth-order valence-electron chi connectivity index (χ4n) is 0.320. The minimum Gasteiger partial charge on any atom is -0.193 e. The van der Waals surface area contributed by atoms with Gasteiger partial charge in [0.25, 0.3) is 0 Å². The van der Waals surface area contributed by atoms with Gasteiger partial charge in [-0.25, -0.2) is 0 Å². The van der Waals surface area contributed by atoms with Crippen LogP contribution in [0.4, 0.5) is 0 Å². The predicted octanol–water partition coefficient (Wildman–Crippen LogP) is 1.58. The minimum absolute atomic E-state index is 0.455. The van der Waals surface area contributed by atoms with Crippen LogP contribution >= 0.6 is 24.4 Å². The summed E-state index contributed by atoms with van der Waals surface area (Å²) in [4.78, 5) is 0.455. The van der Waals surface area contributed by atoms with Gasteiger partial charge in [0.2, 0.25) is 0 Å². The number of hydrogen-bond donors (Lipinski definition) is 1. The van der Waals surface area contributed by atoms with E-state index in [1.54, 1.807) is 6.07 Å². The number of nitrogens with zero attached hydrogens (tertiary/aromatic N) is 2. The highest BCUT2D eigenvalue weighted by molar-refractivity contribution is 8.03. The van der Waals surface area contributed by atoms with Gasteiger partial charge in [-0.2, -0.15) is 23.2 Å². The molecule has 0 aromatic carbocycles. The average molecular weight is 170 g/mol. The Hall–Kier alpha value is -0.580. The fourth-order valence-corrected chi connectivity index (χ4v) is 1.11. The Bertz CT molecular complexity index is 197. The summed E-state index contributed by atoms with van der Waals surface area (Å²) in [5, 5.41) is 16.5. The topological polar surface area (TPSA) is 47.6 Å². The van der Waals surface area contributed by atoms with Crippen LogP contribution in [-0.4, -0.2) is 11.5 Å².